The summed E-state index contributed by atoms with van der Waals surface area (Å²) < 4.78 is 0. The molecule has 1 heterocycles. The fourth-order valence-corrected chi connectivity index (χ4v) is 2.11. The first-order valence-corrected chi connectivity index (χ1v) is 4.09. The van der Waals surface area contributed by atoms with Crippen molar-refractivity contribution in [3.63, 3.8) is 0 Å². The smallest absolute Gasteiger partial charge is 0.0278 e. The van der Waals surface area contributed by atoms with Gasteiger partial charge in [-0.1, -0.05) is 6.08 Å². The Bertz CT molecular complexity index is 158. The van der Waals surface area contributed by atoms with E-state index >= 15 is 0 Å². The van der Waals surface area contributed by atoms with Gasteiger partial charge in [0.1, 0.15) is 0 Å². The molecule has 1 spiro atoms. The third-order valence-electron chi connectivity index (χ3n) is 3.02. The van der Waals surface area contributed by atoms with Crippen LogP contribution in [0.4, 0.5) is 0 Å². The Labute approximate surface area is 62.7 Å². The molecule has 56 valence electrons. The van der Waals surface area contributed by atoms with Gasteiger partial charge < -0.3 is 0 Å². The van der Waals surface area contributed by atoms with Crippen molar-refractivity contribution in [2.24, 2.45) is 5.41 Å². The number of likely N-dealkylation sites (tertiary alicyclic amines) is 1. The van der Waals surface area contributed by atoms with Gasteiger partial charge in [-0.25, -0.2) is 0 Å². The van der Waals surface area contributed by atoms with Gasteiger partial charge in [0.2, 0.25) is 0 Å². The van der Waals surface area contributed by atoms with Crippen LogP contribution in [0.5, 0.6) is 0 Å². The Morgan fingerprint density at radius 2 is 2.30 bits per heavy atom. The van der Waals surface area contributed by atoms with Crippen LogP contribution in [-0.2, 0) is 0 Å². The molecule has 0 N–H and O–H groups in total. The maximum Gasteiger partial charge on any atom is 0.0278 e. The van der Waals surface area contributed by atoms with Gasteiger partial charge in [0.15, 0.2) is 0 Å². The van der Waals surface area contributed by atoms with E-state index in [2.05, 4.69) is 24.6 Å². The summed E-state index contributed by atoms with van der Waals surface area (Å²) in [6.07, 6.45) is 6.38. The quantitative estimate of drug-likeness (QED) is 0.497. The minimum absolute atomic E-state index is 0.669. The third-order valence-corrected chi connectivity index (χ3v) is 3.02. The van der Waals surface area contributed by atoms with Crippen LogP contribution in [0.1, 0.15) is 19.3 Å². The predicted molar refractivity (Wildman–Crippen MR) is 42.9 cm³/mol. The van der Waals surface area contributed by atoms with Crippen LogP contribution in [0.3, 0.4) is 0 Å². The molecular formula is C9H15N. The minimum atomic E-state index is 0.669. The van der Waals surface area contributed by atoms with E-state index in [1.54, 1.807) is 0 Å². The molecule has 1 aliphatic carbocycles. The third kappa shape index (κ3) is 0.807. The first-order valence-electron chi connectivity index (χ1n) is 4.09. The average Bonchev–Trinajstić information content (AvgIpc) is 2.55. The molecular weight excluding hydrogens is 122 g/mol. The molecule has 1 atom stereocenters. The maximum atomic E-state index is 3.84. The lowest BCUT2D eigenvalue weighted by molar-refractivity contribution is 0.346. The zero-order valence-electron chi connectivity index (χ0n) is 6.64. The molecule has 0 aromatic rings. The number of hydrogen-bond acceptors (Lipinski definition) is 1. The second kappa shape index (κ2) is 1.85. The number of nitrogens with zero attached hydrogens (tertiary/aromatic N) is 1. The van der Waals surface area contributed by atoms with Crippen LogP contribution in [0.15, 0.2) is 12.7 Å². The first-order chi connectivity index (χ1) is 4.76. The Balaban J connectivity index is 2.07. The second-order valence-corrected chi connectivity index (χ2v) is 3.92. The van der Waals surface area contributed by atoms with Crippen molar-refractivity contribution in [2.75, 3.05) is 13.6 Å². The molecule has 0 radical (unpaired) electrons. The predicted octanol–water partition coefficient (Wildman–Crippen LogP) is 1.66. The summed E-state index contributed by atoms with van der Waals surface area (Å²) >= 11 is 0. The topological polar surface area (TPSA) is 3.24 Å². The minimum Gasteiger partial charge on any atom is -0.299 e. The molecule has 2 fully saturated rings. The Morgan fingerprint density at radius 1 is 1.60 bits per heavy atom. The van der Waals surface area contributed by atoms with E-state index in [-0.39, 0.29) is 0 Å². The SMILES string of the molecule is C=C[C@@H]1CC2(CC2)CN1C. The zero-order valence-corrected chi connectivity index (χ0v) is 6.64. The highest BCUT2D eigenvalue weighted by molar-refractivity contribution is 5.07. The van der Waals surface area contributed by atoms with Gasteiger partial charge in [-0.05, 0) is 31.7 Å². The van der Waals surface area contributed by atoms with Gasteiger partial charge in [-0.15, -0.1) is 6.58 Å². The van der Waals surface area contributed by atoms with Gasteiger partial charge in [-0.2, -0.15) is 0 Å². The lowest BCUT2D eigenvalue weighted by Gasteiger charge is -2.13. The average molecular weight is 137 g/mol. The fourth-order valence-electron chi connectivity index (χ4n) is 2.11. The molecule has 1 aliphatic heterocycles. The standard InChI is InChI=1S/C9H15N/c1-3-8-6-9(4-5-9)7-10(8)2/h3,8H,1,4-7H2,2H3/t8-/m1/s1. The van der Waals surface area contributed by atoms with E-state index in [0.717, 1.165) is 5.41 Å². The van der Waals surface area contributed by atoms with Crippen molar-refractivity contribution >= 4 is 0 Å². The molecule has 0 amide bonds. The van der Waals surface area contributed by atoms with Crippen molar-refractivity contribution in [3.05, 3.63) is 12.7 Å². The molecule has 10 heavy (non-hydrogen) atoms. The number of likely N-dealkylation sites (N-methyl/N-ethyl adjacent to an activating group) is 1. The molecule has 2 rings (SSSR count). The van der Waals surface area contributed by atoms with Crippen LogP contribution < -0.4 is 0 Å². The summed E-state index contributed by atoms with van der Waals surface area (Å²) in [4.78, 5) is 2.43. The largest absolute Gasteiger partial charge is 0.299 e. The van der Waals surface area contributed by atoms with Crippen LogP contribution in [0, 0.1) is 5.41 Å². The molecule has 1 heteroatoms. The summed E-state index contributed by atoms with van der Waals surface area (Å²) in [5.74, 6) is 0. The molecule has 1 saturated carbocycles. The lowest BCUT2D eigenvalue weighted by atomic mass is 10.0. The number of rotatable bonds is 1. The van der Waals surface area contributed by atoms with Gasteiger partial charge >= 0.3 is 0 Å². The zero-order chi connectivity index (χ0) is 7.19. The van der Waals surface area contributed by atoms with Crippen LogP contribution in [-0.4, -0.2) is 24.5 Å². The summed E-state index contributed by atoms with van der Waals surface area (Å²) in [5.41, 5.74) is 0.744. The van der Waals surface area contributed by atoms with E-state index in [0.29, 0.717) is 6.04 Å². The second-order valence-electron chi connectivity index (χ2n) is 3.92. The van der Waals surface area contributed by atoms with Crippen LogP contribution in [0.25, 0.3) is 0 Å². The van der Waals surface area contributed by atoms with Gasteiger partial charge in [0, 0.05) is 12.6 Å². The highest BCUT2D eigenvalue weighted by Crippen LogP contribution is 2.54. The molecule has 0 aromatic carbocycles. The van der Waals surface area contributed by atoms with Crippen molar-refractivity contribution in [3.8, 4) is 0 Å². The highest BCUT2D eigenvalue weighted by Gasteiger charge is 2.49. The van der Waals surface area contributed by atoms with Crippen molar-refractivity contribution in [2.45, 2.75) is 25.3 Å². The van der Waals surface area contributed by atoms with Crippen LogP contribution in [0.2, 0.25) is 0 Å². The Kier molecular flexibility index (Phi) is 1.19. The maximum absolute atomic E-state index is 3.84. The van der Waals surface area contributed by atoms with E-state index < -0.39 is 0 Å². The molecule has 1 saturated heterocycles. The van der Waals surface area contributed by atoms with E-state index in [1.165, 1.54) is 25.8 Å². The van der Waals surface area contributed by atoms with Crippen LogP contribution >= 0.6 is 0 Å². The molecule has 1 nitrogen and oxygen atoms in total. The van der Waals surface area contributed by atoms with Crippen molar-refractivity contribution in [1.29, 1.82) is 0 Å². The molecule has 0 aromatic heterocycles. The normalized spacial score (nSPS) is 36.7. The first kappa shape index (κ1) is 6.41. The van der Waals surface area contributed by atoms with E-state index in [1.807, 2.05) is 0 Å². The summed E-state index contributed by atoms with van der Waals surface area (Å²) in [7, 11) is 2.21. The molecule has 0 bridgehead atoms. The van der Waals surface area contributed by atoms with Gasteiger partial charge in [0.25, 0.3) is 0 Å². The van der Waals surface area contributed by atoms with Gasteiger partial charge in [0.05, 0.1) is 0 Å². The van der Waals surface area contributed by atoms with Crippen molar-refractivity contribution in [1.82, 2.24) is 4.90 Å². The lowest BCUT2D eigenvalue weighted by Crippen LogP contribution is -2.22. The Hall–Kier alpha value is -0.300. The van der Waals surface area contributed by atoms with Crippen molar-refractivity contribution < 1.29 is 0 Å². The molecule has 0 unspecified atom stereocenters. The number of hydrogen-bond donors (Lipinski definition) is 0. The summed E-state index contributed by atoms with van der Waals surface area (Å²) in [5, 5.41) is 0. The fraction of sp³-hybridized carbons (Fsp3) is 0.778. The van der Waals surface area contributed by atoms with Gasteiger partial charge in [-0.3, -0.25) is 4.90 Å². The highest BCUT2D eigenvalue weighted by atomic mass is 15.2. The summed E-state index contributed by atoms with van der Waals surface area (Å²) in [6, 6.07) is 0.669. The Morgan fingerprint density at radius 3 is 2.60 bits per heavy atom. The molecule has 2 aliphatic rings. The van der Waals surface area contributed by atoms with E-state index in [9.17, 15) is 0 Å². The monoisotopic (exact) mass is 137 g/mol. The summed E-state index contributed by atoms with van der Waals surface area (Å²) in [6.45, 7) is 5.15. The van der Waals surface area contributed by atoms with E-state index in [4.69, 9.17) is 0 Å².